The highest BCUT2D eigenvalue weighted by molar-refractivity contribution is 5.92. The molecule has 0 spiro atoms. The summed E-state index contributed by atoms with van der Waals surface area (Å²) in [5.74, 6) is -1.93. The molecule has 0 bridgehead atoms. The van der Waals surface area contributed by atoms with Crippen LogP contribution in [-0.2, 0) is 30.6 Å². The number of aromatic nitrogens is 4. The number of aryl methyl sites for hydroxylation is 1. The summed E-state index contributed by atoms with van der Waals surface area (Å²) in [5, 5.41) is 12.3. The number of benzene rings is 1. The number of nitrogens with one attached hydrogen (secondary N) is 2. The molecule has 14 heteroatoms. The smallest absolute Gasteiger partial charge is 0.347 e. The lowest BCUT2D eigenvalue weighted by atomic mass is 9.87. The predicted octanol–water partition coefficient (Wildman–Crippen LogP) is 4.87. The zero-order chi connectivity index (χ0) is 30.3. The second kappa shape index (κ2) is 13.7. The lowest BCUT2D eigenvalue weighted by Gasteiger charge is -2.20. The third-order valence-electron chi connectivity index (χ3n) is 7.13. The van der Waals surface area contributed by atoms with E-state index in [-0.39, 0.29) is 61.2 Å². The zero-order valence-electron chi connectivity index (χ0n) is 22.7. The molecule has 226 valence electrons. The maximum atomic E-state index is 14.6. The van der Waals surface area contributed by atoms with Gasteiger partial charge in [-0.3, -0.25) is 14.4 Å². The lowest BCUT2D eigenvalue weighted by molar-refractivity contribution is -0.137. The molecule has 1 saturated carbocycles. The molecule has 0 saturated heterocycles. The van der Waals surface area contributed by atoms with Crippen molar-refractivity contribution in [3.8, 4) is 0 Å². The molecule has 1 aromatic carbocycles. The quantitative estimate of drug-likeness (QED) is 0.308. The van der Waals surface area contributed by atoms with Crippen LogP contribution >= 0.6 is 0 Å². The van der Waals surface area contributed by atoms with E-state index in [0.717, 1.165) is 53.5 Å². The largest absolute Gasteiger partial charge is 0.416 e. The molecular formula is C28H31F5N6O3. The predicted molar refractivity (Wildman–Crippen MR) is 143 cm³/mol. The van der Waals surface area contributed by atoms with Crippen molar-refractivity contribution in [2.45, 2.75) is 76.9 Å². The molecule has 1 unspecified atom stereocenters. The Hall–Kier alpha value is -4.10. The summed E-state index contributed by atoms with van der Waals surface area (Å²) >= 11 is 0. The second-order valence-corrected chi connectivity index (χ2v) is 10.4. The van der Waals surface area contributed by atoms with Gasteiger partial charge in [0.05, 0.1) is 24.0 Å². The molecule has 2 heterocycles. The SMILES string of the molecule is O=C(CC1CCCCC1)Nc1ccn(CCC(F)Cn2cc(C(=O)NCc3cccc(C(F)(F)F)c3)nn2)c(=O)c1F. The van der Waals surface area contributed by atoms with Gasteiger partial charge in [0.25, 0.3) is 11.5 Å². The van der Waals surface area contributed by atoms with Gasteiger partial charge in [-0.2, -0.15) is 17.6 Å². The minimum Gasteiger partial charge on any atom is -0.347 e. The van der Waals surface area contributed by atoms with Crippen molar-refractivity contribution in [1.29, 1.82) is 0 Å². The van der Waals surface area contributed by atoms with Crippen molar-refractivity contribution in [2.24, 2.45) is 5.92 Å². The Morgan fingerprint density at radius 1 is 1.12 bits per heavy atom. The zero-order valence-corrected chi connectivity index (χ0v) is 22.7. The molecular weight excluding hydrogens is 563 g/mol. The van der Waals surface area contributed by atoms with Crippen LogP contribution < -0.4 is 16.2 Å². The number of carbonyl (C=O) groups is 2. The van der Waals surface area contributed by atoms with Crippen molar-refractivity contribution in [1.82, 2.24) is 24.9 Å². The van der Waals surface area contributed by atoms with Crippen LogP contribution in [0.2, 0.25) is 0 Å². The number of hydrogen-bond acceptors (Lipinski definition) is 5. The number of carbonyl (C=O) groups excluding carboxylic acids is 2. The fourth-order valence-electron chi connectivity index (χ4n) is 4.87. The molecule has 2 N–H and O–H groups in total. The molecule has 1 aliphatic carbocycles. The first kappa shape index (κ1) is 30.8. The van der Waals surface area contributed by atoms with Crippen molar-refractivity contribution in [2.75, 3.05) is 5.32 Å². The van der Waals surface area contributed by atoms with Gasteiger partial charge < -0.3 is 15.2 Å². The van der Waals surface area contributed by atoms with Gasteiger partial charge in [-0.05, 0) is 48.9 Å². The second-order valence-electron chi connectivity index (χ2n) is 10.4. The molecule has 4 rings (SSSR count). The molecule has 2 amide bonds. The molecule has 1 fully saturated rings. The highest BCUT2D eigenvalue weighted by Gasteiger charge is 2.30. The molecule has 2 aromatic heterocycles. The number of hydrogen-bond donors (Lipinski definition) is 2. The average molecular weight is 595 g/mol. The van der Waals surface area contributed by atoms with E-state index in [1.165, 1.54) is 30.6 Å². The Morgan fingerprint density at radius 3 is 2.62 bits per heavy atom. The summed E-state index contributed by atoms with van der Waals surface area (Å²) in [7, 11) is 0. The number of nitrogens with zero attached hydrogens (tertiary/aromatic N) is 4. The van der Waals surface area contributed by atoms with E-state index in [1.807, 2.05) is 0 Å². The highest BCUT2D eigenvalue weighted by atomic mass is 19.4. The standard InChI is InChI=1S/C28H31F5N6O3/c29-21(9-11-38-12-10-22(25(30)27(38)42)35-24(40)14-18-5-2-1-3-6-18)16-39-17-23(36-37-39)26(41)34-15-19-7-4-8-20(13-19)28(31,32)33/h4,7-8,10,12-13,17-18,21H,1-3,5-6,9,11,14-16H2,(H,34,41)(H,35,40). The van der Waals surface area contributed by atoms with Crippen LogP contribution in [-0.4, -0.2) is 37.5 Å². The molecule has 0 radical (unpaired) electrons. The van der Waals surface area contributed by atoms with Gasteiger partial charge in [0.15, 0.2) is 5.69 Å². The van der Waals surface area contributed by atoms with Crippen LogP contribution in [0.5, 0.6) is 0 Å². The Balaban J connectivity index is 1.25. The van der Waals surface area contributed by atoms with E-state index < -0.39 is 35.2 Å². The monoisotopic (exact) mass is 594 g/mol. The number of alkyl halides is 4. The fraction of sp³-hybridized carbons (Fsp3) is 0.464. The minimum atomic E-state index is -4.51. The number of halogens is 5. The number of rotatable bonds is 11. The third-order valence-corrected chi connectivity index (χ3v) is 7.13. The van der Waals surface area contributed by atoms with Gasteiger partial charge in [0.2, 0.25) is 11.7 Å². The van der Waals surface area contributed by atoms with Crippen LogP contribution in [0.25, 0.3) is 0 Å². The van der Waals surface area contributed by atoms with E-state index in [2.05, 4.69) is 20.9 Å². The number of amides is 2. The molecule has 42 heavy (non-hydrogen) atoms. The van der Waals surface area contributed by atoms with E-state index >= 15 is 0 Å². The molecule has 3 aromatic rings. The van der Waals surface area contributed by atoms with Gasteiger partial charge in [-0.15, -0.1) is 5.10 Å². The van der Waals surface area contributed by atoms with Crippen LogP contribution in [0.3, 0.4) is 0 Å². The summed E-state index contributed by atoms with van der Waals surface area (Å²) in [5.41, 5.74) is -1.97. The van der Waals surface area contributed by atoms with Gasteiger partial charge in [0, 0.05) is 25.7 Å². The van der Waals surface area contributed by atoms with Crippen molar-refractivity contribution >= 4 is 17.5 Å². The van der Waals surface area contributed by atoms with Crippen molar-refractivity contribution < 1.29 is 31.5 Å². The normalized spacial score (nSPS) is 14.9. The Morgan fingerprint density at radius 2 is 1.88 bits per heavy atom. The first-order valence-electron chi connectivity index (χ1n) is 13.7. The van der Waals surface area contributed by atoms with Crippen LogP contribution in [0.4, 0.5) is 27.6 Å². The van der Waals surface area contributed by atoms with Crippen LogP contribution in [0.1, 0.15) is 66.6 Å². The topological polar surface area (TPSA) is 111 Å². The van der Waals surface area contributed by atoms with Crippen molar-refractivity contribution in [3.63, 3.8) is 0 Å². The van der Waals surface area contributed by atoms with E-state index in [4.69, 9.17) is 0 Å². The molecule has 1 aliphatic rings. The molecule has 9 nitrogen and oxygen atoms in total. The Bertz CT molecular complexity index is 1450. The van der Waals surface area contributed by atoms with Crippen molar-refractivity contribution in [3.05, 3.63) is 75.7 Å². The van der Waals surface area contributed by atoms with E-state index in [1.54, 1.807) is 0 Å². The summed E-state index contributed by atoms with van der Waals surface area (Å²) in [6.45, 7) is -0.637. The third kappa shape index (κ3) is 8.46. The average Bonchev–Trinajstić information content (AvgIpc) is 3.42. The lowest BCUT2D eigenvalue weighted by Crippen LogP contribution is -2.27. The summed E-state index contributed by atoms with van der Waals surface area (Å²) in [4.78, 5) is 37.1. The Kier molecular flexibility index (Phi) is 10.1. The summed E-state index contributed by atoms with van der Waals surface area (Å²) < 4.78 is 70.0. The molecule has 1 atom stereocenters. The number of pyridine rings is 1. The minimum absolute atomic E-state index is 0.147. The maximum Gasteiger partial charge on any atom is 0.416 e. The molecule has 0 aliphatic heterocycles. The highest BCUT2D eigenvalue weighted by Crippen LogP contribution is 2.29. The van der Waals surface area contributed by atoms with Crippen LogP contribution in [0, 0.1) is 11.7 Å². The maximum absolute atomic E-state index is 14.6. The first-order valence-corrected chi connectivity index (χ1v) is 13.7. The summed E-state index contributed by atoms with van der Waals surface area (Å²) in [6, 6.07) is 5.77. The van der Waals surface area contributed by atoms with E-state index in [0.29, 0.717) is 0 Å². The van der Waals surface area contributed by atoms with Gasteiger partial charge >= 0.3 is 6.18 Å². The first-order chi connectivity index (χ1) is 20.0. The Labute approximate surface area is 238 Å². The van der Waals surface area contributed by atoms with Gasteiger partial charge in [-0.1, -0.05) is 36.6 Å². The number of anilines is 1. The summed E-state index contributed by atoms with van der Waals surface area (Å²) in [6.07, 6.45) is 1.72. The van der Waals surface area contributed by atoms with Gasteiger partial charge in [-0.25, -0.2) is 9.07 Å². The van der Waals surface area contributed by atoms with Crippen LogP contribution in [0.15, 0.2) is 47.5 Å². The van der Waals surface area contributed by atoms with E-state index in [9.17, 15) is 36.3 Å². The van der Waals surface area contributed by atoms with Gasteiger partial charge in [0.1, 0.15) is 6.17 Å². The fourth-order valence-corrected chi connectivity index (χ4v) is 4.87.